The van der Waals surface area contributed by atoms with Crippen molar-refractivity contribution in [3.63, 3.8) is 0 Å². The monoisotopic (exact) mass is 299 g/mol. The molecule has 0 saturated heterocycles. The minimum Gasteiger partial charge on any atom is -0.399 e. The molecule has 0 amide bonds. The Hall–Kier alpha value is -2.33. The zero-order valence-electron chi connectivity index (χ0n) is 11.5. The van der Waals surface area contributed by atoms with Crippen LogP contribution in [0.25, 0.3) is 11.5 Å². The average molecular weight is 300 g/mol. The van der Waals surface area contributed by atoms with Crippen molar-refractivity contribution < 1.29 is 4.52 Å². The summed E-state index contributed by atoms with van der Waals surface area (Å²) in [4.78, 5) is 4.43. The Labute approximate surface area is 127 Å². The second kappa shape index (κ2) is 5.58. The third kappa shape index (κ3) is 3.06. The van der Waals surface area contributed by atoms with Crippen LogP contribution >= 0.6 is 11.6 Å². The number of hydrogen-bond acceptors (Lipinski definition) is 4. The summed E-state index contributed by atoms with van der Waals surface area (Å²) in [6.45, 7) is 1.98. The highest BCUT2D eigenvalue weighted by Crippen LogP contribution is 2.24. The normalized spacial score (nSPS) is 10.8. The number of halogens is 1. The van der Waals surface area contributed by atoms with E-state index < -0.39 is 0 Å². The molecule has 2 N–H and O–H groups in total. The van der Waals surface area contributed by atoms with E-state index in [1.807, 2.05) is 49.4 Å². The zero-order chi connectivity index (χ0) is 14.8. The Balaban J connectivity index is 1.88. The van der Waals surface area contributed by atoms with E-state index in [0.29, 0.717) is 28.8 Å². The van der Waals surface area contributed by atoms with Gasteiger partial charge in [-0.25, -0.2) is 0 Å². The van der Waals surface area contributed by atoms with Crippen LogP contribution in [0.5, 0.6) is 0 Å². The Kier molecular flexibility index (Phi) is 3.62. The van der Waals surface area contributed by atoms with Crippen LogP contribution in [0.1, 0.15) is 17.0 Å². The second-order valence-electron chi connectivity index (χ2n) is 4.90. The summed E-state index contributed by atoms with van der Waals surface area (Å²) in [6, 6.07) is 13.2. The van der Waals surface area contributed by atoms with Gasteiger partial charge in [-0.3, -0.25) is 0 Å². The predicted octanol–water partition coefficient (Wildman–Crippen LogP) is 3.87. The van der Waals surface area contributed by atoms with Gasteiger partial charge in [0.25, 0.3) is 5.89 Å². The number of anilines is 1. The molecule has 1 heterocycles. The number of rotatable bonds is 3. The lowest BCUT2D eigenvalue weighted by molar-refractivity contribution is 0.423. The highest BCUT2D eigenvalue weighted by atomic mass is 35.5. The highest BCUT2D eigenvalue weighted by molar-refractivity contribution is 6.30. The SMILES string of the molecule is Cc1ccc(N)cc1-c1nc(Cc2cccc(Cl)c2)no1. The third-order valence-electron chi connectivity index (χ3n) is 3.21. The molecule has 106 valence electrons. The van der Waals surface area contributed by atoms with Gasteiger partial charge in [-0.05, 0) is 42.3 Å². The standard InChI is InChI=1S/C16H14ClN3O/c1-10-5-6-13(18)9-14(10)16-19-15(20-21-16)8-11-3-2-4-12(17)7-11/h2-7,9H,8,18H2,1H3. The first-order chi connectivity index (χ1) is 10.1. The van der Waals surface area contributed by atoms with Gasteiger partial charge >= 0.3 is 0 Å². The molecular formula is C16H14ClN3O. The van der Waals surface area contributed by atoms with Crippen LogP contribution in [0.3, 0.4) is 0 Å². The predicted molar refractivity (Wildman–Crippen MR) is 83.1 cm³/mol. The average Bonchev–Trinajstić information content (AvgIpc) is 2.90. The zero-order valence-corrected chi connectivity index (χ0v) is 12.3. The Bertz CT molecular complexity index is 783. The molecule has 0 fully saturated rings. The molecule has 3 rings (SSSR count). The number of hydrogen-bond donors (Lipinski definition) is 1. The molecule has 2 aromatic carbocycles. The Morgan fingerprint density at radius 2 is 2.05 bits per heavy atom. The lowest BCUT2D eigenvalue weighted by atomic mass is 10.1. The molecule has 0 saturated carbocycles. The summed E-state index contributed by atoms with van der Waals surface area (Å²) >= 11 is 5.97. The Morgan fingerprint density at radius 1 is 1.19 bits per heavy atom. The van der Waals surface area contributed by atoms with Gasteiger partial charge in [-0.1, -0.05) is 35.0 Å². The molecule has 1 aromatic heterocycles. The molecule has 0 bridgehead atoms. The van der Waals surface area contributed by atoms with E-state index in [4.69, 9.17) is 21.9 Å². The quantitative estimate of drug-likeness (QED) is 0.746. The van der Waals surface area contributed by atoms with Crippen molar-refractivity contribution in [3.05, 3.63) is 64.4 Å². The molecule has 0 spiro atoms. The van der Waals surface area contributed by atoms with Gasteiger partial charge in [0.1, 0.15) is 0 Å². The number of nitrogens with two attached hydrogens (primary N) is 1. The molecule has 3 aromatic rings. The van der Waals surface area contributed by atoms with Crippen LogP contribution < -0.4 is 5.73 Å². The number of aromatic nitrogens is 2. The van der Waals surface area contributed by atoms with Gasteiger partial charge in [-0.2, -0.15) is 4.98 Å². The van der Waals surface area contributed by atoms with Crippen LogP contribution in [-0.4, -0.2) is 10.1 Å². The number of nitrogens with zero attached hydrogens (tertiary/aromatic N) is 2. The van der Waals surface area contributed by atoms with Crippen molar-refractivity contribution in [1.82, 2.24) is 10.1 Å². The molecule has 0 atom stereocenters. The van der Waals surface area contributed by atoms with E-state index in [1.165, 1.54) is 0 Å². The van der Waals surface area contributed by atoms with Crippen molar-refractivity contribution in [2.45, 2.75) is 13.3 Å². The molecule has 0 radical (unpaired) electrons. The van der Waals surface area contributed by atoms with Crippen LogP contribution in [0, 0.1) is 6.92 Å². The fourth-order valence-electron chi connectivity index (χ4n) is 2.13. The van der Waals surface area contributed by atoms with Gasteiger partial charge in [-0.15, -0.1) is 0 Å². The highest BCUT2D eigenvalue weighted by Gasteiger charge is 2.12. The van der Waals surface area contributed by atoms with Crippen molar-refractivity contribution in [2.75, 3.05) is 5.73 Å². The number of aryl methyl sites for hydroxylation is 1. The topological polar surface area (TPSA) is 64.9 Å². The van der Waals surface area contributed by atoms with Crippen molar-refractivity contribution in [3.8, 4) is 11.5 Å². The summed E-state index contributed by atoms with van der Waals surface area (Å²) in [6.07, 6.45) is 0.575. The largest absolute Gasteiger partial charge is 0.399 e. The van der Waals surface area contributed by atoms with Crippen LogP contribution in [0.4, 0.5) is 5.69 Å². The van der Waals surface area contributed by atoms with Crippen molar-refractivity contribution >= 4 is 17.3 Å². The van der Waals surface area contributed by atoms with E-state index in [1.54, 1.807) is 0 Å². The van der Waals surface area contributed by atoms with Gasteiger partial charge in [0.2, 0.25) is 0 Å². The Morgan fingerprint density at radius 3 is 2.86 bits per heavy atom. The van der Waals surface area contributed by atoms with Crippen LogP contribution in [0.15, 0.2) is 47.0 Å². The van der Waals surface area contributed by atoms with E-state index >= 15 is 0 Å². The second-order valence-corrected chi connectivity index (χ2v) is 5.33. The van der Waals surface area contributed by atoms with Gasteiger partial charge in [0, 0.05) is 22.7 Å². The fraction of sp³-hybridized carbons (Fsp3) is 0.125. The molecule has 4 nitrogen and oxygen atoms in total. The summed E-state index contributed by atoms with van der Waals surface area (Å²) in [5.41, 5.74) is 9.42. The summed E-state index contributed by atoms with van der Waals surface area (Å²) in [7, 11) is 0. The number of nitrogen functional groups attached to an aromatic ring is 1. The molecule has 5 heteroatoms. The van der Waals surface area contributed by atoms with E-state index in [9.17, 15) is 0 Å². The first kappa shape index (κ1) is 13.6. The van der Waals surface area contributed by atoms with E-state index in [2.05, 4.69) is 10.1 Å². The van der Waals surface area contributed by atoms with Crippen molar-refractivity contribution in [1.29, 1.82) is 0 Å². The third-order valence-corrected chi connectivity index (χ3v) is 3.45. The lowest BCUT2D eigenvalue weighted by Crippen LogP contribution is -1.92. The maximum Gasteiger partial charge on any atom is 0.258 e. The summed E-state index contributed by atoms with van der Waals surface area (Å²) < 4.78 is 5.34. The maximum atomic E-state index is 5.97. The molecule has 21 heavy (non-hydrogen) atoms. The summed E-state index contributed by atoms with van der Waals surface area (Å²) in [5.74, 6) is 1.10. The number of benzene rings is 2. The minimum atomic E-state index is 0.483. The minimum absolute atomic E-state index is 0.483. The fourth-order valence-corrected chi connectivity index (χ4v) is 2.35. The molecule has 0 aliphatic heterocycles. The van der Waals surface area contributed by atoms with Gasteiger partial charge < -0.3 is 10.3 Å². The maximum absolute atomic E-state index is 5.97. The van der Waals surface area contributed by atoms with Gasteiger partial charge in [0.15, 0.2) is 5.82 Å². The summed E-state index contributed by atoms with van der Waals surface area (Å²) in [5, 5.41) is 4.72. The molecular weight excluding hydrogens is 286 g/mol. The van der Waals surface area contributed by atoms with Crippen LogP contribution in [0.2, 0.25) is 5.02 Å². The van der Waals surface area contributed by atoms with Crippen LogP contribution in [-0.2, 0) is 6.42 Å². The first-order valence-corrected chi connectivity index (χ1v) is 6.93. The smallest absolute Gasteiger partial charge is 0.258 e. The molecule has 0 unspecified atom stereocenters. The van der Waals surface area contributed by atoms with Gasteiger partial charge in [0.05, 0.1) is 0 Å². The lowest BCUT2D eigenvalue weighted by Gasteiger charge is -2.01. The first-order valence-electron chi connectivity index (χ1n) is 6.55. The van der Waals surface area contributed by atoms with Crippen molar-refractivity contribution in [2.24, 2.45) is 0 Å². The molecule has 0 aliphatic carbocycles. The van der Waals surface area contributed by atoms with E-state index in [0.717, 1.165) is 16.7 Å². The molecule has 0 aliphatic rings. The van der Waals surface area contributed by atoms with E-state index in [-0.39, 0.29) is 0 Å².